The van der Waals surface area contributed by atoms with Crippen LogP contribution in [0.2, 0.25) is 0 Å². The highest BCUT2D eigenvalue weighted by molar-refractivity contribution is 8.27. The third kappa shape index (κ3) is 3.37. The number of hydrazone groups is 1. The zero-order chi connectivity index (χ0) is 21.6. The molecule has 3 heterocycles. The fraction of sp³-hybridized carbons (Fsp3) is 0.273. The Labute approximate surface area is 179 Å². The molecule has 7 nitrogen and oxygen atoms in total. The van der Waals surface area contributed by atoms with E-state index in [0.717, 1.165) is 33.4 Å². The highest BCUT2D eigenvalue weighted by Gasteiger charge is 2.36. The lowest BCUT2D eigenvalue weighted by Crippen LogP contribution is -2.35. The van der Waals surface area contributed by atoms with E-state index in [-0.39, 0.29) is 17.3 Å². The predicted octanol–water partition coefficient (Wildman–Crippen LogP) is 4.38. The number of aromatic nitrogens is 1. The van der Waals surface area contributed by atoms with Crippen molar-refractivity contribution in [2.45, 2.75) is 27.7 Å². The van der Waals surface area contributed by atoms with E-state index in [1.807, 2.05) is 58.0 Å². The maximum Gasteiger partial charge on any atom is 0.283 e. The molecule has 0 fully saturated rings. The van der Waals surface area contributed by atoms with E-state index >= 15 is 0 Å². The number of amides is 1. The molecule has 2 aromatic rings. The molecule has 0 saturated heterocycles. The first-order chi connectivity index (χ1) is 14.3. The van der Waals surface area contributed by atoms with Gasteiger partial charge in [-0.05, 0) is 55.4 Å². The maximum absolute atomic E-state index is 12.7. The van der Waals surface area contributed by atoms with Gasteiger partial charge in [0.25, 0.3) is 5.91 Å². The summed E-state index contributed by atoms with van der Waals surface area (Å²) < 4.78 is 7.44. The lowest BCUT2D eigenvalue weighted by molar-refractivity contribution is -0.114. The van der Waals surface area contributed by atoms with Gasteiger partial charge in [0.15, 0.2) is 5.84 Å². The predicted molar refractivity (Wildman–Crippen MR) is 122 cm³/mol. The van der Waals surface area contributed by atoms with Gasteiger partial charge in [-0.1, -0.05) is 19.9 Å². The van der Waals surface area contributed by atoms with Crippen molar-refractivity contribution in [1.29, 1.82) is 5.41 Å². The van der Waals surface area contributed by atoms with Crippen molar-refractivity contribution in [1.82, 2.24) is 9.58 Å². The van der Waals surface area contributed by atoms with Gasteiger partial charge in [-0.3, -0.25) is 10.2 Å². The number of benzene rings is 1. The number of hydrogen-bond acceptors (Lipinski definition) is 5. The molecule has 4 rings (SSSR count). The van der Waals surface area contributed by atoms with Crippen molar-refractivity contribution in [3.8, 4) is 11.4 Å². The number of methoxy groups -OCH3 is 1. The normalized spacial score (nSPS) is 17.5. The summed E-state index contributed by atoms with van der Waals surface area (Å²) in [5.74, 6) is 0.626. The van der Waals surface area contributed by atoms with Gasteiger partial charge in [0.1, 0.15) is 10.8 Å². The summed E-state index contributed by atoms with van der Waals surface area (Å²) in [4.78, 5) is 16.8. The molecule has 2 aliphatic rings. The number of aryl methyl sites for hydroxylation is 1. The van der Waals surface area contributed by atoms with Crippen molar-refractivity contribution in [2.24, 2.45) is 16.0 Å². The van der Waals surface area contributed by atoms with Gasteiger partial charge >= 0.3 is 0 Å². The molecule has 0 radical (unpaired) electrons. The molecule has 0 atom stereocenters. The van der Waals surface area contributed by atoms with E-state index in [4.69, 9.17) is 10.1 Å². The Hall–Kier alpha value is -3.13. The first-order valence-electron chi connectivity index (χ1n) is 9.63. The lowest BCUT2D eigenvalue weighted by Gasteiger charge is -2.20. The van der Waals surface area contributed by atoms with Gasteiger partial charge < -0.3 is 9.30 Å². The zero-order valence-corrected chi connectivity index (χ0v) is 18.4. The zero-order valence-electron chi connectivity index (χ0n) is 17.6. The molecule has 1 N–H and O–H groups in total. The Morgan fingerprint density at radius 3 is 2.70 bits per heavy atom. The fourth-order valence-electron chi connectivity index (χ4n) is 3.48. The number of nitrogens with one attached hydrogen (secondary N) is 1. The number of aliphatic imine (C=N–C) groups is 1. The number of nitrogens with zero attached hydrogens (tertiary/aromatic N) is 4. The molecule has 1 amide bonds. The van der Waals surface area contributed by atoms with Crippen LogP contribution in [0.5, 0.6) is 5.75 Å². The van der Waals surface area contributed by atoms with Gasteiger partial charge in [-0.15, -0.1) is 0 Å². The molecule has 0 saturated carbocycles. The molecule has 1 aromatic carbocycles. The standard InChI is InChI=1S/C22H23N5O2S/c1-12(2)21-25-27-19(23)18(20(28)24-22(27)30-21)10-15-9-13(3)26(14(15)4)16-7-6-8-17(11-16)29-5/h6-12,23H,1-5H3. The van der Waals surface area contributed by atoms with E-state index in [0.29, 0.717) is 5.17 Å². The summed E-state index contributed by atoms with van der Waals surface area (Å²) >= 11 is 1.35. The first kappa shape index (κ1) is 20.2. The van der Waals surface area contributed by atoms with E-state index in [1.165, 1.54) is 16.8 Å². The third-order valence-corrected chi connectivity index (χ3v) is 6.25. The molecule has 154 valence electrons. The minimum atomic E-state index is -0.412. The number of fused-ring (bicyclic) bond motifs is 1. The molecule has 0 bridgehead atoms. The first-order valence-corrected chi connectivity index (χ1v) is 10.4. The van der Waals surface area contributed by atoms with Gasteiger partial charge in [-0.2, -0.15) is 15.1 Å². The van der Waals surface area contributed by atoms with Crippen LogP contribution in [0.4, 0.5) is 0 Å². The summed E-state index contributed by atoms with van der Waals surface area (Å²) in [6.45, 7) is 8.06. The van der Waals surface area contributed by atoms with Gasteiger partial charge in [0.05, 0.1) is 12.7 Å². The quantitative estimate of drug-likeness (QED) is 0.743. The van der Waals surface area contributed by atoms with Crippen LogP contribution in [0.3, 0.4) is 0 Å². The number of amidine groups is 2. The Bertz CT molecular complexity index is 1160. The minimum absolute atomic E-state index is 0.0549. The highest BCUT2D eigenvalue weighted by atomic mass is 32.2. The summed E-state index contributed by atoms with van der Waals surface area (Å²) in [5.41, 5.74) is 4.05. The lowest BCUT2D eigenvalue weighted by atomic mass is 10.1. The molecule has 0 unspecified atom stereocenters. The van der Waals surface area contributed by atoms with E-state index in [9.17, 15) is 4.79 Å². The molecule has 8 heteroatoms. The second kappa shape index (κ2) is 7.60. The third-order valence-electron chi connectivity index (χ3n) is 5.05. The number of carbonyl (C=O) groups is 1. The molecule has 0 spiro atoms. The van der Waals surface area contributed by atoms with E-state index in [2.05, 4.69) is 14.7 Å². The van der Waals surface area contributed by atoms with Crippen LogP contribution in [0, 0.1) is 25.2 Å². The number of carbonyl (C=O) groups excluding carboxylic acids is 1. The molecule has 0 aliphatic carbocycles. The SMILES string of the molecule is COc1cccc(-n2c(C)cc(C=C3C(=N)N4N=C(C(C)C)SC4=NC3=O)c2C)c1. The average molecular weight is 422 g/mol. The van der Waals surface area contributed by atoms with Crippen molar-refractivity contribution in [3.63, 3.8) is 0 Å². The summed E-state index contributed by atoms with van der Waals surface area (Å²) in [6, 6.07) is 9.82. The fourth-order valence-corrected chi connectivity index (χ4v) is 4.37. The van der Waals surface area contributed by atoms with Crippen molar-refractivity contribution < 1.29 is 9.53 Å². The van der Waals surface area contributed by atoms with Crippen LogP contribution >= 0.6 is 11.8 Å². The second-order valence-electron chi connectivity index (χ2n) is 7.48. The van der Waals surface area contributed by atoms with E-state index < -0.39 is 5.91 Å². The van der Waals surface area contributed by atoms with Crippen LogP contribution in [0.1, 0.15) is 30.8 Å². The van der Waals surface area contributed by atoms with E-state index in [1.54, 1.807) is 13.2 Å². The van der Waals surface area contributed by atoms with Crippen LogP contribution < -0.4 is 4.74 Å². The molecular formula is C22H23N5O2S. The Morgan fingerprint density at radius 1 is 1.23 bits per heavy atom. The number of rotatable bonds is 4. The van der Waals surface area contributed by atoms with Crippen molar-refractivity contribution in [2.75, 3.05) is 7.11 Å². The topological polar surface area (TPSA) is 83.0 Å². The van der Waals surface area contributed by atoms with Crippen LogP contribution in [0.15, 0.2) is 46.0 Å². The second-order valence-corrected chi connectivity index (χ2v) is 8.46. The summed E-state index contributed by atoms with van der Waals surface area (Å²) in [5, 5.41) is 15.8. The average Bonchev–Trinajstić information content (AvgIpc) is 3.26. The highest BCUT2D eigenvalue weighted by Crippen LogP contribution is 2.32. The van der Waals surface area contributed by atoms with Gasteiger partial charge in [-0.25, -0.2) is 0 Å². The maximum atomic E-state index is 12.7. The summed E-state index contributed by atoms with van der Waals surface area (Å²) in [7, 11) is 1.64. The Balaban J connectivity index is 1.74. The molecule has 30 heavy (non-hydrogen) atoms. The van der Waals surface area contributed by atoms with Crippen LogP contribution in [-0.2, 0) is 4.79 Å². The number of hydrogen-bond donors (Lipinski definition) is 1. The monoisotopic (exact) mass is 421 g/mol. The van der Waals surface area contributed by atoms with Crippen LogP contribution in [0.25, 0.3) is 11.8 Å². The van der Waals surface area contributed by atoms with Gasteiger partial charge in [0.2, 0.25) is 5.17 Å². The summed E-state index contributed by atoms with van der Waals surface area (Å²) in [6.07, 6.45) is 1.73. The van der Waals surface area contributed by atoms with Gasteiger partial charge in [0, 0.05) is 29.1 Å². The Morgan fingerprint density at radius 2 is 2.00 bits per heavy atom. The number of ether oxygens (including phenoxy) is 1. The Kier molecular flexibility index (Phi) is 5.11. The van der Waals surface area contributed by atoms with Crippen molar-refractivity contribution in [3.05, 3.63) is 52.9 Å². The molecular weight excluding hydrogens is 398 g/mol. The van der Waals surface area contributed by atoms with Crippen LogP contribution in [-0.4, -0.2) is 38.6 Å². The molecule has 1 aromatic heterocycles. The largest absolute Gasteiger partial charge is 0.497 e. The molecule has 2 aliphatic heterocycles. The number of thioether (sulfide) groups is 1. The smallest absolute Gasteiger partial charge is 0.283 e. The van der Waals surface area contributed by atoms with Crippen molar-refractivity contribution >= 4 is 39.8 Å². The minimum Gasteiger partial charge on any atom is -0.497 e.